The van der Waals surface area contributed by atoms with E-state index in [4.69, 9.17) is 0 Å². The van der Waals surface area contributed by atoms with Gasteiger partial charge in [-0.1, -0.05) is 34.1 Å². The third-order valence-electron chi connectivity index (χ3n) is 5.42. The highest BCUT2D eigenvalue weighted by Crippen LogP contribution is 2.31. The van der Waals surface area contributed by atoms with Gasteiger partial charge in [0.1, 0.15) is 5.01 Å². The lowest BCUT2D eigenvalue weighted by Crippen LogP contribution is -2.65. The topological polar surface area (TPSA) is 28.2 Å². The summed E-state index contributed by atoms with van der Waals surface area (Å²) in [6, 6.07) is 0.613. The average Bonchev–Trinajstić information content (AvgIpc) is 2.92. The van der Waals surface area contributed by atoms with Crippen LogP contribution < -0.4 is 5.32 Å². The summed E-state index contributed by atoms with van der Waals surface area (Å²) in [6.07, 6.45) is 3.65. The maximum absolute atomic E-state index is 4.69. The average molecular weight is 310 g/mol. The molecule has 0 aromatic carbocycles. The highest BCUT2D eigenvalue weighted by molar-refractivity contribution is 7.09. The van der Waals surface area contributed by atoms with Gasteiger partial charge in [-0.2, -0.15) is 0 Å². The molecule has 0 bridgehead atoms. The van der Waals surface area contributed by atoms with Crippen LogP contribution >= 0.6 is 11.3 Å². The van der Waals surface area contributed by atoms with Crippen molar-refractivity contribution in [3.63, 3.8) is 0 Å². The molecule has 0 aliphatic carbocycles. The first-order valence-corrected chi connectivity index (χ1v) is 9.32. The van der Waals surface area contributed by atoms with Crippen molar-refractivity contribution in [1.29, 1.82) is 0 Å². The summed E-state index contributed by atoms with van der Waals surface area (Å²) < 4.78 is 0. The standard InChI is InChI=1S/C17H31N3S/c1-6-13(4)15-9-20(10-16-19-14(5)11-21-16)17(7-2,8-3)12-18-15/h11,13,15,18H,6-10,12H2,1-5H3. The van der Waals surface area contributed by atoms with E-state index >= 15 is 0 Å². The Bertz CT molecular complexity index is 439. The Balaban J connectivity index is 2.16. The third-order valence-corrected chi connectivity index (χ3v) is 6.37. The second-order valence-corrected chi connectivity index (χ2v) is 7.51. The maximum atomic E-state index is 4.69. The van der Waals surface area contributed by atoms with Gasteiger partial charge in [-0.3, -0.25) is 4.90 Å². The zero-order valence-electron chi connectivity index (χ0n) is 14.3. The molecule has 21 heavy (non-hydrogen) atoms. The monoisotopic (exact) mass is 309 g/mol. The summed E-state index contributed by atoms with van der Waals surface area (Å²) in [5, 5.41) is 7.26. The summed E-state index contributed by atoms with van der Waals surface area (Å²) in [5.74, 6) is 0.734. The number of nitrogens with zero attached hydrogens (tertiary/aromatic N) is 2. The summed E-state index contributed by atoms with van der Waals surface area (Å²) >= 11 is 1.81. The molecule has 120 valence electrons. The molecule has 1 saturated heterocycles. The first kappa shape index (κ1) is 16.9. The van der Waals surface area contributed by atoms with Crippen molar-refractivity contribution in [3.05, 3.63) is 16.1 Å². The molecule has 0 radical (unpaired) electrons. The van der Waals surface area contributed by atoms with Crippen molar-refractivity contribution in [2.45, 2.75) is 72.0 Å². The van der Waals surface area contributed by atoms with Crippen molar-refractivity contribution >= 4 is 11.3 Å². The van der Waals surface area contributed by atoms with Crippen LogP contribution in [0.25, 0.3) is 0 Å². The number of piperazine rings is 1. The van der Waals surface area contributed by atoms with Crippen molar-refractivity contribution in [3.8, 4) is 0 Å². The Morgan fingerprint density at radius 3 is 2.67 bits per heavy atom. The minimum absolute atomic E-state index is 0.295. The predicted octanol–water partition coefficient (Wildman–Crippen LogP) is 3.83. The van der Waals surface area contributed by atoms with E-state index in [0.717, 1.165) is 31.2 Å². The molecule has 1 fully saturated rings. The molecule has 0 amide bonds. The van der Waals surface area contributed by atoms with E-state index in [1.54, 1.807) is 0 Å². The lowest BCUT2D eigenvalue weighted by atomic mass is 9.84. The highest BCUT2D eigenvalue weighted by atomic mass is 32.1. The molecule has 2 atom stereocenters. The fourth-order valence-electron chi connectivity index (χ4n) is 3.41. The number of aryl methyl sites for hydroxylation is 1. The molecular formula is C17H31N3S. The van der Waals surface area contributed by atoms with Gasteiger partial charge in [0.25, 0.3) is 0 Å². The Labute approximate surface area is 134 Å². The Morgan fingerprint density at radius 2 is 2.14 bits per heavy atom. The second-order valence-electron chi connectivity index (χ2n) is 6.57. The zero-order valence-corrected chi connectivity index (χ0v) is 15.1. The van der Waals surface area contributed by atoms with Gasteiger partial charge in [0.05, 0.1) is 6.54 Å². The fourth-order valence-corrected chi connectivity index (χ4v) is 4.20. The molecule has 4 heteroatoms. The Kier molecular flexibility index (Phi) is 5.81. The third kappa shape index (κ3) is 3.66. The van der Waals surface area contributed by atoms with E-state index in [1.165, 1.54) is 24.3 Å². The number of thiazole rings is 1. The van der Waals surface area contributed by atoms with E-state index in [2.05, 4.69) is 55.2 Å². The van der Waals surface area contributed by atoms with E-state index in [1.807, 2.05) is 11.3 Å². The van der Waals surface area contributed by atoms with Gasteiger partial charge in [-0.15, -0.1) is 11.3 Å². The molecule has 2 rings (SSSR count). The lowest BCUT2D eigenvalue weighted by Gasteiger charge is -2.50. The van der Waals surface area contributed by atoms with Crippen LogP contribution in [-0.4, -0.2) is 34.6 Å². The minimum Gasteiger partial charge on any atom is -0.311 e. The number of rotatable bonds is 6. The van der Waals surface area contributed by atoms with E-state index in [9.17, 15) is 0 Å². The van der Waals surface area contributed by atoms with Gasteiger partial charge >= 0.3 is 0 Å². The summed E-state index contributed by atoms with van der Waals surface area (Å²) in [7, 11) is 0. The molecule has 3 nitrogen and oxygen atoms in total. The van der Waals surface area contributed by atoms with Crippen molar-refractivity contribution in [2.24, 2.45) is 5.92 Å². The van der Waals surface area contributed by atoms with Crippen LogP contribution in [-0.2, 0) is 6.54 Å². The highest BCUT2D eigenvalue weighted by Gasteiger charge is 2.40. The van der Waals surface area contributed by atoms with Gasteiger partial charge in [-0.05, 0) is 25.7 Å². The van der Waals surface area contributed by atoms with E-state index in [0.29, 0.717) is 11.6 Å². The van der Waals surface area contributed by atoms with Gasteiger partial charge in [0, 0.05) is 35.7 Å². The molecule has 2 heterocycles. The van der Waals surface area contributed by atoms with Crippen LogP contribution in [0.1, 0.15) is 57.7 Å². The van der Waals surface area contributed by atoms with Crippen LogP contribution in [0.3, 0.4) is 0 Å². The number of aromatic nitrogens is 1. The molecule has 1 aliphatic heterocycles. The van der Waals surface area contributed by atoms with Gasteiger partial charge < -0.3 is 5.32 Å². The molecule has 1 aromatic heterocycles. The Morgan fingerprint density at radius 1 is 1.43 bits per heavy atom. The van der Waals surface area contributed by atoms with Crippen LogP contribution in [0, 0.1) is 12.8 Å². The second kappa shape index (κ2) is 7.21. The van der Waals surface area contributed by atoms with Crippen LogP contribution in [0.2, 0.25) is 0 Å². The van der Waals surface area contributed by atoms with E-state index < -0.39 is 0 Å². The number of nitrogens with one attached hydrogen (secondary N) is 1. The van der Waals surface area contributed by atoms with Gasteiger partial charge in [-0.25, -0.2) is 4.98 Å². The fraction of sp³-hybridized carbons (Fsp3) is 0.824. The molecule has 1 aliphatic rings. The molecular weight excluding hydrogens is 278 g/mol. The SMILES string of the molecule is CCC(C)C1CN(Cc2nc(C)cs2)C(CC)(CC)CN1. The predicted molar refractivity (Wildman–Crippen MR) is 91.8 cm³/mol. The minimum atomic E-state index is 0.295. The molecule has 0 spiro atoms. The van der Waals surface area contributed by atoms with Crippen LogP contribution in [0.15, 0.2) is 5.38 Å². The molecule has 2 unspecified atom stereocenters. The maximum Gasteiger partial charge on any atom is 0.107 e. The quantitative estimate of drug-likeness (QED) is 0.865. The van der Waals surface area contributed by atoms with Gasteiger partial charge in [0.15, 0.2) is 0 Å². The first-order valence-electron chi connectivity index (χ1n) is 8.44. The first-order chi connectivity index (χ1) is 10.0. The van der Waals surface area contributed by atoms with Crippen LogP contribution in [0.4, 0.5) is 0 Å². The molecule has 1 aromatic rings. The molecule has 1 N–H and O–H groups in total. The number of hydrogen-bond donors (Lipinski definition) is 1. The van der Waals surface area contributed by atoms with Crippen molar-refractivity contribution < 1.29 is 0 Å². The molecule has 0 saturated carbocycles. The summed E-state index contributed by atoms with van der Waals surface area (Å²) in [6.45, 7) is 14.7. The van der Waals surface area contributed by atoms with Crippen molar-refractivity contribution in [2.75, 3.05) is 13.1 Å². The zero-order chi connectivity index (χ0) is 15.5. The van der Waals surface area contributed by atoms with Crippen LogP contribution in [0.5, 0.6) is 0 Å². The number of hydrogen-bond acceptors (Lipinski definition) is 4. The lowest BCUT2D eigenvalue weighted by molar-refractivity contribution is 0.0135. The smallest absolute Gasteiger partial charge is 0.107 e. The van der Waals surface area contributed by atoms with Gasteiger partial charge in [0.2, 0.25) is 0 Å². The summed E-state index contributed by atoms with van der Waals surface area (Å²) in [4.78, 5) is 7.39. The Hall–Kier alpha value is -0.450. The summed E-state index contributed by atoms with van der Waals surface area (Å²) in [5.41, 5.74) is 1.45. The normalized spacial score (nSPS) is 24.1. The van der Waals surface area contributed by atoms with E-state index in [-0.39, 0.29) is 0 Å². The van der Waals surface area contributed by atoms with Crippen molar-refractivity contribution in [1.82, 2.24) is 15.2 Å². The largest absolute Gasteiger partial charge is 0.311 e.